The highest BCUT2D eigenvalue weighted by Gasteiger charge is 2.53. The maximum absolute atomic E-state index is 13.5. The van der Waals surface area contributed by atoms with Crippen molar-refractivity contribution in [1.82, 2.24) is 9.80 Å². The van der Waals surface area contributed by atoms with Gasteiger partial charge in [0, 0.05) is 13.1 Å². The van der Waals surface area contributed by atoms with E-state index in [1.54, 1.807) is 11.9 Å². The number of amides is 4. The van der Waals surface area contributed by atoms with E-state index in [1.165, 1.54) is 37.0 Å². The predicted octanol–water partition coefficient (Wildman–Crippen LogP) is 6.68. The molecule has 0 aromatic carbocycles. The van der Waals surface area contributed by atoms with E-state index in [0.29, 0.717) is 24.2 Å². The van der Waals surface area contributed by atoms with Crippen molar-refractivity contribution in [1.29, 1.82) is 0 Å². The number of imide groups is 2. The third-order valence-corrected chi connectivity index (χ3v) is 14.5. The molecule has 2 aliphatic heterocycles. The second-order valence-corrected chi connectivity index (χ2v) is 17.5. The average molecular weight is 653 g/mol. The van der Waals surface area contributed by atoms with Gasteiger partial charge >= 0.3 is 0 Å². The molecule has 5 aliphatic carbocycles. The van der Waals surface area contributed by atoms with Crippen LogP contribution in [0.1, 0.15) is 136 Å². The fourth-order valence-electron chi connectivity index (χ4n) is 11.5. The van der Waals surface area contributed by atoms with Crippen molar-refractivity contribution in [3.8, 4) is 0 Å². The summed E-state index contributed by atoms with van der Waals surface area (Å²) >= 11 is 0. The molecule has 2 heterocycles. The van der Waals surface area contributed by atoms with Crippen LogP contribution >= 0.6 is 0 Å². The molecular formula is C39H60N2O6. The number of carbonyl (C=O) groups excluding carboxylic acids is 4. The van der Waals surface area contributed by atoms with Gasteiger partial charge in [0.2, 0.25) is 23.6 Å². The van der Waals surface area contributed by atoms with Crippen LogP contribution in [-0.4, -0.2) is 70.9 Å². The summed E-state index contributed by atoms with van der Waals surface area (Å²) in [7, 11) is 1.63. The average Bonchev–Trinajstić information content (AvgIpc) is 3.44. The van der Waals surface area contributed by atoms with Gasteiger partial charge in [-0.3, -0.25) is 29.0 Å². The van der Waals surface area contributed by atoms with E-state index in [1.807, 2.05) is 0 Å². The third-order valence-electron chi connectivity index (χ3n) is 14.5. The molecule has 8 nitrogen and oxygen atoms in total. The summed E-state index contributed by atoms with van der Waals surface area (Å²) in [5.74, 6) is 1.60. The zero-order valence-corrected chi connectivity index (χ0v) is 29.5. The Bertz CT molecular complexity index is 1200. The first-order valence-electron chi connectivity index (χ1n) is 19.5. The minimum atomic E-state index is -0.175. The van der Waals surface area contributed by atoms with Crippen molar-refractivity contribution in [2.24, 2.45) is 46.8 Å². The molecule has 7 rings (SSSR count). The number of fused-ring (bicyclic) bond motifs is 2. The van der Waals surface area contributed by atoms with Crippen LogP contribution in [0.5, 0.6) is 0 Å². The molecule has 5 saturated carbocycles. The summed E-state index contributed by atoms with van der Waals surface area (Å²) in [6.07, 6.45) is 19.0. The van der Waals surface area contributed by atoms with Gasteiger partial charge in [0.15, 0.2) is 0 Å². The van der Waals surface area contributed by atoms with Gasteiger partial charge < -0.3 is 9.47 Å². The number of ether oxygens (including phenoxy) is 2. The highest BCUT2D eigenvalue weighted by molar-refractivity contribution is 6.06. The Morgan fingerprint density at radius 1 is 0.532 bits per heavy atom. The zero-order valence-electron chi connectivity index (χ0n) is 29.5. The Hall–Kier alpha value is -1.80. The largest absolute Gasteiger partial charge is 0.375 e. The van der Waals surface area contributed by atoms with Gasteiger partial charge in [0.1, 0.15) is 0 Å². The molecule has 2 saturated heterocycles. The lowest BCUT2D eigenvalue weighted by Crippen LogP contribution is -2.43. The van der Waals surface area contributed by atoms with E-state index >= 15 is 0 Å². The van der Waals surface area contributed by atoms with Crippen molar-refractivity contribution in [3.05, 3.63) is 0 Å². The summed E-state index contributed by atoms with van der Waals surface area (Å²) in [4.78, 5) is 54.8. The van der Waals surface area contributed by atoms with Crippen molar-refractivity contribution in [2.75, 3.05) is 7.05 Å². The van der Waals surface area contributed by atoms with E-state index in [-0.39, 0.29) is 83.2 Å². The van der Waals surface area contributed by atoms with E-state index in [0.717, 1.165) is 77.0 Å². The molecule has 7 aliphatic rings. The molecule has 0 N–H and O–H groups in total. The number of likely N-dealkylation sites (tertiary alicyclic amines) is 2. The van der Waals surface area contributed by atoms with Crippen molar-refractivity contribution in [2.45, 2.75) is 167 Å². The molecule has 0 bridgehead atoms. The molecule has 8 atom stereocenters. The van der Waals surface area contributed by atoms with Crippen molar-refractivity contribution >= 4 is 23.6 Å². The highest BCUT2D eigenvalue weighted by atomic mass is 16.5. The van der Waals surface area contributed by atoms with Crippen molar-refractivity contribution < 1.29 is 28.7 Å². The Kier molecular flexibility index (Phi) is 9.67. The summed E-state index contributed by atoms with van der Waals surface area (Å²) < 4.78 is 13.3. The lowest BCUT2D eigenvalue weighted by atomic mass is 9.60. The predicted molar refractivity (Wildman–Crippen MR) is 178 cm³/mol. The standard InChI is InChI=1S/C39H60N2O6/c1-23-6-5-7-26(20-23)41-37(44)32-19-17-30(22-34(32)38(41)45)47-28-14-10-25(11-15-28)39(2,3)24-8-12-27(13-9-24)46-29-16-18-31-33(21-29)36(43)40(4)35(31)42/h23-34H,5-22H2,1-4H3. The van der Waals surface area contributed by atoms with Crippen LogP contribution in [0.3, 0.4) is 0 Å². The fourth-order valence-corrected chi connectivity index (χ4v) is 11.5. The molecule has 47 heavy (non-hydrogen) atoms. The molecule has 7 fully saturated rings. The molecule has 4 amide bonds. The number of hydrogen-bond donors (Lipinski definition) is 0. The Balaban J connectivity index is 0.844. The second kappa shape index (κ2) is 13.5. The van der Waals surface area contributed by atoms with Gasteiger partial charge in [-0.05, 0) is 126 Å². The number of nitrogens with zero attached hydrogens (tertiary/aromatic N) is 2. The number of carbonyl (C=O) groups is 4. The van der Waals surface area contributed by atoms with E-state index in [4.69, 9.17) is 9.47 Å². The maximum Gasteiger partial charge on any atom is 0.233 e. The van der Waals surface area contributed by atoms with Crippen LogP contribution < -0.4 is 0 Å². The third kappa shape index (κ3) is 6.48. The molecule has 0 aromatic rings. The topological polar surface area (TPSA) is 93.2 Å². The summed E-state index contributed by atoms with van der Waals surface area (Å²) in [5, 5.41) is 0. The van der Waals surface area contributed by atoms with Crippen LogP contribution in [0.2, 0.25) is 0 Å². The lowest BCUT2D eigenvalue weighted by Gasteiger charge is -2.47. The van der Waals surface area contributed by atoms with Crippen LogP contribution in [0, 0.1) is 46.8 Å². The van der Waals surface area contributed by atoms with Gasteiger partial charge in [-0.25, -0.2) is 0 Å². The quantitative estimate of drug-likeness (QED) is 0.285. The van der Waals surface area contributed by atoms with Gasteiger partial charge in [-0.2, -0.15) is 0 Å². The number of hydrogen-bond acceptors (Lipinski definition) is 6. The fraction of sp³-hybridized carbons (Fsp3) is 0.897. The number of rotatable bonds is 7. The van der Waals surface area contributed by atoms with Gasteiger partial charge in [0.25, 0.3) is 0 Å². The molecule has 0 aromatic heterocycles. The normalized spacial score (nSPS) is 43.3. The summed E-state index contributed by atoms with van der Waals surface area (Å²) in [5.41, 5.74) is 0.282. The van der Waals surface area contributed by atoms with Crippen LogP contribution in [0.4, 0.5) is 0 Å². The van der Waals surface area contributed by atoms with E-state index in [2.05, 4.69) is 20.8 Å². The maximum atomic E-state index is 13.5. The van der Waals surface area contributed by atoms with Crippen LogP contribution in [0.25, 0.3) is 0 Å². The van der Waals surface area contributed by atoms with Gasteiger partial charge in [0.05, 0.1) is 48.1 Å². The SMILES string of the molecule is CC1CCCC(N2C(=O)C3CCC(OC4CCC(C(C)(C)C5CCC(OC6CCC7C(=O)N(C)C(=O)C7C6)CC5)CC4)CC3C2=O)C1. The van der Waals surface area contributed by atoms with Crippen molar-refractivity contribution in [3.63, 3.8) is 0 Å². The molecule has 0 radical (unpaired) electrons. The minimum Gasteiger partial charge on any atom is -0.375 e. The lowest BCUT2D eigenvalue weighted by molar-refractivity contribution is -0.144. The Labute approximate surface area is 282 Å². The van der Waals surface area contributed by atoms with E-state index < -0.39 is 0 Å². The molecule has 0 spiro atoms. The van der Waals surface area contributed by atoms with Crippen LogP contribution in [-0.2, 0) is 28.7 Å². The molecule has 8 heteroatoms. The second-order valence-electron chi connectivity index (χ2n) is 17.5. The molecule has 8 unspecified atom stereocenters. The van der Waals surface area contributed by atoms with Crippen LogP contribution in [0.15, 0.2) is 0 Å². The first kappa shape index (κ1) is 33.7. The van der Waals surface area contributed by atoms with Gasteiger partial charge in [-0.15, -0.1) is 0 Å². The Morgan fingerprint density at radius 2 is 0.979 bits per heavy atom. The minimum absolute atomic E-state index is 0.00279. The Morgan fingerprint density at radius 3 is 1.51 bits per heavy atom. The molecule has 262 valence electrons. The first-order valence-corrected chi connectivity index (χ1v) is 19.5. The monoisotopic (exact) mass is 652 g/mol. The smallest absolute Gasteiger partial charge is 0.233 e. The first-order chi connectivity index (χ1) is 22.5. The summed E-state index contributed by atoms with van der Waals surface area (Å²) in [6.45, 7) is 7.24. The molecular weight excluding hydrogens is 592 g/mol. The summed E-state index contributed by atoms with van der Waals surface area (Å²) in [6, 6.07) is 0.115. The highest BCUT2D eigenvalue weighted by Crippen LogP contribution is 2.50. The zero-order chi connectivity index (χ0) is 33.0. The van der Waals surface area contributed by atoms with Gasteiger partial charge in [-0.1, -0.05) is 33.6 Å². The van der Waals surface area contributed by atoms with E-state index in [9.17, 15) is 19.2 Å².